The van der Waals surface area contributed by atoms with Crippen molar-refractivity contribution in [3.8, 4) is 0 Å². The number of aryl methyl sites for hydroxylation is 1. The third-order valence-electron chi connectivity index (χ3n) is 1.87. The van der Waals surface area contributed by atoms with Crippen LogP contribution in [0, 0.1) is 0 Å². The first kappa shape index (κ1) is 9.73. The van der Waals surface area contributed by atoms with Gasteiger partial charge in [-0.05, 0) is 0 Å². The van der Waals surface area contributed by atoms with E-state index in [9.17, 15) is 4.79 Å². The molecular weight excluding hydrogens is 172 g/mol. The van der Waals surface area contributed by atoms with E-state index < -0.39 is 12.1 Å². The molecule has 1 rings (SSSR count). The van der Waals surface area contributed by atoms with Crippen LogP contribution in [0.4, 0.5) is 0 Å². The predicted molar refractivity (Wildman–Crippen MR) is 45.3 cm³/mol. The molecule has 13 heavy (non-hydrogen) atoms. The number of hydrogen-bond donors (Lipinski definition) is 1. The maximum absolute atomic E-state index is 10.6. The molecule has 0 aliphatic rings. The number of imidazole rings is 1. The molecule has 1 aromatic heterocycles. The second-order valence-electron chi connectivity index (χ2n) is 2.76. The van der Waals surface area contributed by atoms with Crippen molar-refractivity contribution in [3.05, 3.63) is 18.2 Å². The minimum Gasteiger partial charge on any atom is -0.479 e. The molecule has 0 aliphatic carbocycles. The van der Waals surface area contributed by atoms with Crippen LogP contribution in [0.15, 0.2) is 12.5 Å². The first-order valence-corrected chi connectivity index (χ1v) is 3.86. The third kappa shape index (κ3) is 2.29. The lowest BCUT2D eigenvalue weighted by molar-refractivity contribution is -0.148. The van der Waals surface area contributed by atoms with Crippen molar-refractivity contribution in [2.45, 2.75) is 12.5 Å². The molecule has 0 spiro atoms. The highest BCUT2D eigenvalue weighted by atomic mass is 16.5. The lowest BCUT2D eigenvalue weighted by Gasteiger charge is -2.09. The zero-order chi connectivity index (χ0) is 9.84. The fraction of sp³-hybridized carbons (Fsp3) is 0.500. The summed E-state index contributed by atoms with van der Waals surface area (Å²) < 4.78 is 6.57. The fourth-order valence-corrected chi connectivity index (χ4v) is 1.04. The third-order valence-corrected chi connectivity index (χ3v) is 1.87. The van der Waals surface area contributed by atoms with Crippen LogP contribution in [0.2, 0.25) is 0 Å². The van der Waals surface area contributed by atoms with E-state index in [2.05, 4.69) is 4.98 Å². The number of carbonyl (C=O) groups is 1. The van der Waals surface area contributed by atoms with Crippen LogP contribution in [0.5, 0.6) is 0 Å². The summed E-state index contributed by atoms with van der Waals surface area (Å²) in [6, 6.07) is 0. The summed E-state index contributed by atoms with van der Waals surface area (Å²) in [5.74, 6) is -0.955. The molecule has 0 aromatic carbocycles. The van der Waals surface area contributed by atoms with Crippen LogP contribution < -0.4 is 0 Å². The maximum Gasteiger partial charge on any atom is 0.333 e. The monoisotopic (exact) mass is 184 g/mol. The van der Waals surface area contributed by atoms with Gasteiger partial charge in [-0.25, -0.2) is 9.78 Å². The lowest BCUT2D eigenvalue weighted by atomic mass is 10.2. The number of nitrogens with zero attached hydrogens (tertiary/aromatic N) is 2. The van der Waals surface area contributed by atoms with Gasteiger partial charge < -0.3 is 14.4 Å². The van der Waals surface area contributed by atoms with Crippen molar-refractivity contribution in [1.29, 1.82) is 0 Å². The molecule has 0 radical (unpaired) electrons. The van der Waals surface area contributed by atoms with Gasteiger partial charge in [-0.15, -0.1) is 0 Å². The molecule has 1 N–H and O–H groups in total. The van der Waals surface area contributed by atoms with Gasteiger partial charge in [0.2, 0.25) is 0 Å². The number of carboxylic acid groups (broad SMARTS) is 1. The lowest BCUT2D eigenvalue weighted by Crippen LogP contribution is -2.25. The normalized spacial score (nSPS) is 12.8. The van der Waals surface area contributed by atoms with Crippen LogP contribution in [-0.4, -0.2) is 33.8 Å². The van der Waals surface area contributed by atoms with E-state index in [-0.39, 0.29) is 0 Å². The van der Waals surface area contributed by atoms with Gasteiger partial charge in [-0.3, -0.25) is 0 Å². The molecule has 0 amide bonds. The Morgan fingerprint density at radius 2 is 2.54 bits per heavy atom. The van der Waals surface area contributed by atoms with E-state index in [0.717, 1.165) is 5.69 Å². The quantitative estimate of drug-likeness (QED) is 0.718. The summed E-state index contributed by atoms with van der Waals surface area (Å²) in [4.78, 5) is 14.5. The second-order valence-corrected chi connectivity index (χ2v) is 2.76. The zero-order valence-electron chi connectivity index (χ0n) is 7.60. The van der Waals surface area contributed by atoms with Crippen molar-refractivity contribution in [2.24, 2.45) is 7.05 Å². The summed E-state index contributed by atoms with van der Waals surface area (Å²) >= 11 is 0. The van der Waals surface area contributed by atoms with Crippen LogP contribution in [0.3, 0.4) is 0 Å². The average molecular weight is 184 g/mol. The number of methoxy groups -OCH3 is 1. The highest BCUT2D eigenvalue weighted by Gasteiger charge is 2.18. The van der Waals surface area contributed by atoms with E-state index in [1.165, 1.54) is 7.11 Å². The van der Waals surface area contributed by atoms with Gasteiger partial charge in [0.1, 0.15) is 0 Å². The standard InChI is InChI=1S/C8H12N2O3/c1-10-5-9-4-6(10)3-7(13-2)8(11)12/h4-5,7H,3H2,1-2H3,(H,11,12). The highest BCUT2D eigenvalue weighted by Crippen LogP contribution is 2.04. The van der Waals surface area contributed by atoms with Crippen molar-refractivity contribution < 1.29 is 14.6 Å². The van der Waals surface area contributed by atoms with Gasteiger partial charge in [0.25, 0.3) is 0 Å². The molecule has 72 valence electrons. The number of carboxylic acids is 1. The Hall–Kier alpha value is -1.36. The minimum atomic E-state index is -0.955. The Labute approximate surface area is 76.0 Å². The van der Waals surface area contributed by atoms with E-state index >= 15 is 0 Å². The van der Waals surface area contributed by atoms with Crippen molar-refractivity contribution in [3.63, 3.8) is 0 Å². The summed E-state index contributed by atoms with van der Waals surface area (Å²) in [6.45, 7) is 0. The summed E-state index contributed by atoms with van der Waals surface area (Å²) in [5, 5.41) is 8.71. The van der Waals surface area contributed by atoms with E-state index in [1.54, 1.807) is 17.1 Å². The van der Waals surface area contributed by atoms with Gasteiger partial charge >= 0.3 is 5.97 Å². The van der Waals surface area contributed by atoms with Crippen LogP contribution >= 0.6 is 0 Å². The topological polar surface area (TPSA) is 64.4 Å². The first-order chi connectivity index (χ1) is 6.15. The highest BCUT2D eigenvalue weighted by molar-refractivity contribution is 5.72. The van der Waals surface area contributed by atoms with Crippen molar-refractivity contribution in [1.82, 2.24) is 9.55 Å². The van der Waals surface area contributed by atoms with Gasteiger partial charge in [-0.2, -0.15) is 0 Å². The van der Waals surface area contributed by atoms with E-state index in [1.807, 2.05) is 7.05 Å². The molecule has 1 unspecified atom stereocenters. The Kier molecular flexibility index (Phi) is 3.02. The molecule has 0 bridgehead atoms. The van der Waals surface area contributed by atoms with Crippen LogP contribution in [0.25, 0.3) is 0 Å². The SMILES string of the molecule is COC(Cc1cncn1C)C(=O)O. The molecule has 5 heteroatoms. The van der Waals surface area contributed by atoms with Crippen molar-refractivity contribution in [2.75, 3.05) is 7.11 Å². The summed E-state index contributed by atoms with van der Waals surface area (Å²) in [7, 11) is 3.20. The van der Waals surface area contributed by atoms with E-state index in [0.29, 0.717) is 6.42 Å². The van der Waals surface area contributed by atoms with Gasteiger partial charge in [-0.1, -0.05) is 0 Å². The number of ether oxygens (including phenoxy) is 1. The number of hydrogen-bond acceptors (Lipinski definition) is 3. The average Bonchev–Trinajstić information content (AvgIpc) is 2.46. The first-order valence-electron chi connectivity index (χ1n) is 3.86. The van der Waals surface area contributed by atoms with Gasteiger partial charge in [0.05, 0.1) is 6.33 Å². The molecule has 5 nitrogen and oxygen atoms in total. The Morgan fingerprint density at radius 3 is 2.92 bits per heavy atom. The molecule has 1 heterocycles. The number of aromatic nitrogens is 2. The second kappa shape index (κ2) is 4.04. The summed E-state index contributed by atoms with van der Waals surface area (Å²) in [6.07, 6.45) is 2.80. The molecule has 1 atom stereocenters. The smallest absolute Gasteiger partial charge is 0.333 e. The molecule has 1 aromatic rings. The summed E-state index contributed by atoms with van der Waals surface area (Å²) in [5.41, 5.74) is 0.842. The number of aliphatic carboxylic acids is 1. The van der Waals surface area contributed by atoms with Crippen LogP contribution in [0.1, 0.15) is 5.69 Å². The molecule has 0 saturated heterocycles. The molecule has 0 aliphatic heterocycles. The molecule has 0 saturated carbocycles. The van der Waals surface area contributed by atoms with Gasteiger partial charge in [0, 0.05) is 32.5 Å². The van der Waals surface area contributed by atoms with Gasteiger partial charge in [0.15, 0.2) is 6.10 Å². The minimum absolute atomic E-state index is 0.336. The zero-order valence-corrected chi connectivity index (χ0v) is 7.60. The molecule has 0 fully saturated rings. The largest absolute Gasteiger partial charge is 0.479 e. The fourth-order valence-electron chi connectivity index (χ4n) is 1.04. The Balaban J connectivity index is 2.67. The Bertz CT molecular complexity index is 295. The Morgan fingerprint density at radius 1 is 1.85 bits per heavy atom. The number of rotatable bonds is 4. The van der Waals surface area contributed by atoms with E-state index in [4.69, 9.17) is 9.84 Å². The van der Waals surface area contributed by atoms with Crippen molar-refractivity contribution >= 4 is 5.97 Å². The maximum atomic E-state index is 10.6. The molecular formula is C8H12N2O3. The predicted octanol–water partition coefficient (Wildman–Crippen LogP) is 0.0622. The van der Waals surface area contributed by atoms with Crippen LogP contribution in [-0.2, 0) is 23.0 Å².